The number of benzene rings is 1. The normalized spacial score (nSPS) is 12.3. The first-order valence-electron chi connectivity index (χ1n) is 5.42. The molecule has 19 heavy (non-hydrogen) atoms. The van der Waals surface area contributed by atoms with Crippen LogP contribution in [-0.2, 0) is 0 Å². The third-order valence-corrected chi connectivity index (χ3v) is 5.20. The fourth-order valence-electron chi connectivity index (χ4n) is 1.79. The Balaban J connectivity index is 2.50. The summed E-state index contributed by atoms with van der Waals surface area (Å²) in [6.45, 7) is 0. The average molecular weight is 364 g/mol. The third kappa shape index (κ3) is 2.89. The molecule has 0 saturated heterocycles. The van der Waals surface area contributed by atoms with Crippen molar-refractivity contribution in [3.63, 3.8) is 0 Å². The summed E-state index contributed by atoms with van der Waals surface area (Å²) < 4.78 is 11.9. The van der Waals surface area contributed by atoms with E-state index in [9.17, 15) is 5.11 Å². The molecule has 1 atom stereocenters. The molecule has 2 aromatic rings. The number of halogens is 2. The highest BCUT2D eigenvalue weighted by molar-refractivity contribution is 9.10. The first-order valence-corrected chi connectivity index (χ1v) is 7.41. The molecule has 2 rings (SSSR count). The first-order chi connectivity index (χ1) is 9.08. The van der Waals surface area contributed by atoms with E-state index in [4.69, 9.17) is 21.1 Å². The molecule has 1 unspecified atom stereocenters. The van der Waals surface area contributed by atoms with Gasteiger partial charge < -0.3 is 14.6 Å². The van der Waals surface area contributed by atoms with E-state index in [2.05, 4.69) is 15.9 Å². The monoisotopic (exact) mass is 362 g/mol. The number of rotatable bonds is 4. The van der Waals surface area contributed by atoms with Gasteiger partial charge in [0.25, 0.3) is 0 Å². The number of hydrogen-bond donors (Lipinski definition) is 1. The maximum atomic E-state index is 10.5. The largest absolute Gasteiger partial charge is 0.496 e. The SMILES string of the molecule is COc1cccc(OC)c1C(O)c1cc(Br)c(Cl)s1. The van der Waals surface area contributed by atoms with Gasteiger partial charge in [0.2, 0.25) is 0 Å². The Morgan fingerprint density at radius 1 is 1.26 bits per heavy atom. The lowest BCUT2D eigenvalue weighted by Gasteiger charge is -2.17. The molecule has 0 spiro atoms. The van der Waals surface area contributed by atoms with Crippen LogP contribution in [0.15, 0.2) is 28.7 Å². The Morgan fingerprint density at radius 3 is 2.26 bits per heavy atom. The van der Waals surface area contributed by atoms with Crippen LogP contribution in [0.3, 0.4) is 0 Å². The van der Waals surface area contributed by atoms with Gasteiger partial charge in [0.15, 0.2) is 0 Å². The Bertz CT molecular complexity index is 544. The zero-order valence-electron chi connectivity index (χ0n) is 10.3. The summed E-state index contributed by atoms with van der Waals surface area (Å²) in [6.07, 6.45) is -0.847. The van der Waals surface area contributed by atoms with Gasteiger partial charge in [-0.05, 0) is 34.1 Å². The van der Waals surface area contributed by atoms with Gasteiger partial charge in [0, 0.05) is 9.35 Å². The molecular formula is C13H12BrClO3S. The van der Waals surface area contributed by atoms with Crippen molar-refractivity contribution >= 4 is 38.9 Å². The molecule has 102 valence electrons. The van der Waals surface area contributed by atoms with Crippen LogP contribution in [0.5, 0.6) is 11.5 Å². The zero-order valence-corrected chi connectivity index (χ0v) is 13.5. The molecule has 0 amide bonds. The van der Waals surface area contributed by atoms with Crippen LogP contribution in [0.2, 0.25) is 4.34 Å². The molecule has 1 N–H and O–H groups in total. The van der Waals surface area contributed by atoms with Crippen LogP contribution >= 0.6 is 38.9 Å². The number of methoxy groups -OCH3 is 2. The molecule has 1 aromatic heterocycles. The van der Waals surface area contributed by atoms with E-state index in [1.807, 2.05) is 6.07 Å². The molecule has 0 aliphatic heterocycles. The summed E-state index contributed by atoms with van der Waals surface area (Å²) in [4.78, 5) is 0.722. The zero-order chi connectivity index (χ0) is 14.0. The van der Waals surface area contributed by atoms with E-state index in [1.165, 1.54) is 11.3 Å². The number of ether oxygens (including phenoxy) is 2. The topological polar surface area (TPSA) is 38.7 Å². The minimum absolute atomic E-state index is 0.576. The van der Waals surface area contributed by atoms with Crippen molar-refractivity contribution in [1.82, 2.24) is 0 Å². The smallest absolute Gasteiger partial charge is 0.128 e. The molecular weight excluding hydrogens is 352 g/mol. The first kappa shape index (κ1) is 14.7. The van der Waals surface area contributed by atoms with Gasteiger partial charge in [-0.15, -0.1) is 11.3 Å². The lowest BCUT2D eigenvalue weighted by molar-refractivity contribution is 0.212. The van der Waals surface area contributed by atoms with Crippen molar-refractivity contribution in [1.29, 1.82) is 0 Å². The third-order valence-electron chi connectivity index (χ3n) is 2.67. The summed E-state index contributed by atoms with van der Waals surface area (Å²) in [5.74, 6) is 1.15. The van der Waals surface area contributed by atoms with E-state index in [0.717, 1.165) is 9.35 Å². The maximum Gasteiger partial charge on any atom is 0.128 e. The lowest BCUT2D eigenvalue weighted by Crippen LogP contribution is -2.03. The average Bonchev–Trinajstić information content (AvgIpc) is 2.76. The molecule has 0 radical (unpaired) electrons. The predicted octanol–water partition coefficient (Wildman–Crippen LogP) is 4.26. The number of aliphatic hydroxyl groups is 1. The van der Waals surface area contributed by atoms with Crippen LogP contribution in [-0.4, -0.2) is 19.3 Å². The molecule has 6 heteroatoms. The highest BCUT2D eigenvalue weighted by Crippen LogP contribution is 2.42. The second-order valence-corrected chi connectivity index (χ2v) is 6.29. The van der Waals surface area contributed by atoms with Crippen molar-refractivity contribution < 1.29 is 14.6 Å². The van der Waals surface area contributed by atoms with Crippen molar-refractivity contribution in [2.75, 3.05) is 14.2 Å². The van der Waals surface area contributed by atoms with Gasteiger partial charge in [-0.3, -0.25) is 0 Å². The van der Waals surface area contributed by atoms with E-state index < -0.39 is 6.10 Å². The minimum Gasteiger partial charge on any atom is -0.496 e. The highest BCUT2D eigenvalue weighted by Gasteiger charge is 2.22. The molecule has 0 aliphatic rings. The van der Waals surface area contributed by atoms with Gasteiger partial charge in [-0.1, -0.05) is 17.7 Å². The molecule has 3 nitrogen and oxygen atoms in total. The molecule has 0 bridgehead atoms. The molecule has 1 heterocycles. The van der Waals surface area contributed by atoms with Crippen molar-refractivity contribution in [3.05, 3.63) is 43.5 Å². The number of thiophene rings is 1. The highest BCUT2D eigenvalue weighted by atomic mass is 79.9. The Morgan fingerprint density at radius 2 is 1.84 bits per heavy atom. The van der Waals surface area contributed by atoms with Gasteiger partial charge in [-0.2, -0.15) is 0 Å². The van der Waals surface area contributed by atoms with Crippen LogP contribution in [0.25, 0.3) is 0 Å². The standard InChI is InChI=1S/C13H12BrClO3S/c1-17-8-4-3-5-9(18-2)11(8)12(16)10-6-7(14)13(15)19-10/h3-6,12,16H,1-2H3. The predicted molar refractivity (Wildman–Crippen MR) is 80.6 cm³/mol. The van der Waals surface area contributed by atoms with E-state index in [0.29, 0.717) is 21.4 Å². The van der Waals surface area contributed by atoms with Crippen LogP contribution in [0.1, 0.15) is 16.5 Å². The van der Waals surface area contributed by atoms with E-state index >= 15 is 0 Å². The lowest BCUT2D eigenvalue weighted by atomic mass is 10.1. The Hall–Kier alpha value is -0.750. The maximum absolute atomic E-state index is 10.5. The minimum atomic E-state index is -0.847. The molecule has 1 aromatic carbocycles. The molecule has 0 saturated carbocycles. The van der Waals surface area contributed by atoms with E-state index in [-0.39, 0.29) is 0 Å². The second kappa shape index (κ2) is 6.13. The fraction of sp³-hybridized carbons (Fsp3) is 0.231. The second-order valence-electron chi connectivity index (χ2n) is 3.75. The molecule has 0 aliphatic carbocycles. The van der Waals surface area contributed by atoms with Crippen molar-refractivity contribution in [2.45, 2.75) is 6.10 Å². The van der Waals surface area contributed by atoms with Gasteiger partial charge >= 0.3 is 0 Å². The fourth-order valence-corrected chi connectivity index (χ4v) is 3.52. The summed E-state index contributed by atoms with van der Waals surface area (Å²) in [5.41, 5.74) is 0.595. The summed E-state index contributed by atoms with van der Waals surface area (Å²) in [6, 6.07) is 7.17. The Labute approximate surface area is 128 Å². The van der Waals surface area contributed by atoms with Crippen molar-refractivity contribution in [2.24, 2.45) is 0 Å². The van der Waals surface area contributed by atoms with Crippen LogP contribution < -0.4 is 9.47 Å². The van der Waals surface area contributed by atoms with Crippen LogP contribution in [0.4, 0.5) is 0 Å². The number of aliphatic hydroxyl groups excluding tert-OH is 1. The van der Waals surface area contributed by atoms with E-state index in [1.54, 1.807) is 32.4 Å². The Kier molecular flexibility index (Phi) is 4.73. The quantitative estimate of drug-likeness (QED) is 0.882. The summed E-state index contributed by atoms with van der Waals surface area (Å²) in [7, 11) is 3.12. The van der Waals surface area contributed by atoms with Gasteiger partial charge in [0.05, 0.1) is 19.8 Å². The van der Waals surface area contributed by atoms with Gasteiger partial charge in [-0.25, -0.2) is 0 Å². The van der Waals surface area contributed by atoms with Gasteiger partial charge in [0.1, 0.15) is 21.9 Å². The summed E-state index contributed by atoms with van der Waals surface area (Å²) in [5, 5.41) is 10.5. The number of hydrogen-bond acceptors (Lipinski definition) is 4. The summed E-state index contributed by atoms with van der Waals surface area (Å²) >= 11 is 10.7. The van der Waals surface area contributed by atoms with Crippen molar-refractivity contribution in [3.8, 4) is 11.5 Å². The van der Waals surface area contributed by atoms with Crippen LogP contribution in [0, 0.1) is 0 Å². The molecule has 0 fully saturated rings.